The van der Waals surface area contributed by atoms with Gasteiger partial charge < -0.3 is 33.5 Å². The van der Waals surface area contributed by atoms with E-state index in [0.29, 0.717) is 60.2 Å². The zero-order valence-corrected chi connectivity index (χ0v) is 44.4. The molecular formula is C39H58AlCl6IO11S. The smallest absolute Gasteiger partial charge is 0.493 e. The predicted octanol–water partition coefficient (Wildman–Crippen LogP) is 12.4. The largest absolute Gasteiger partial charge is 0.643 e. The highest BCUT2D eigenvalue weighted by Gasteiger charge is 2.22. The Morgan fingerprint density at radius 1 is 0.627 bits per heavy atom. The number of carboxylic acid groups (broad SMARTS) is 1. The van der Waals surface area contributed by atoms with Crippen molar-refractivity contribution in [2.45, 2.75) is 80.1 Å². The second-order valence-electron chi connectivity index (χ2n) is 9.85. The van der Waals surface area contributed by atoms with E-state index in [2.05, 4.69) is 21.4 Å². The second kappa shape index (κ2) is 43.1. The van der Waals surface area contributed by atoms with Gasteiger partial charge in [-0.1, -0.05) is 53.7 Å². The Labute approximate surface area is 401 Å². The maximum Gasteiger partial charge on any atom is 0.643 e. The Hall–Kier alpha value is -1.58. The van der Waals surface area contributed by atoms with E-state index in [9.17, 15) is 14.4 Å². The van der Waals surface area contributed by atoms with Gasteiger partial charge in [-0.3, -0.25) is 14.4 Å². The molecule has 59 heavy (non-hydrogen) atoms. The van der Waals surface area contributed by atoms with Gasteiger partial charge in [-0.2, -0.15) is 0 Å². The molecule has 20 heteroatoms. The third-order valence-electron chi connectivity index (χ3n) is 6.66. The van der Waals surface area contributed by atoms with E-state index in [1.807, 2.05) is 71.9 Å². The highest BCUT2D eigenvalue weighted by molar-refractivity contribution is 14.0. The van der Waals surface area contributed by atoms with Gasteiger partial charge in [0, 0.05) is 46.2 Å². The van der Waals surface area contributed by atoms with Crippen molar-refractivity contribution < 1.29 is 52.1 Å². The fourth-order valence-corrected chi connectivity index (χ4v) is 4.43. The van der Waals surface area contributed by atoms with Gasteiger partial charge >= 0.3 is 17.4 Å². The SMILES string of the molecule is CC.CC.CC.COc1cc2c(cc1OC)C(=O)CC2.COc1ccc(CCC(=O)Cl)cc1OC.COc1ccc(CCC(=O)O)cc1OC.I.O=S(Cl)Cl.[Cl][Al]([Cl])[Cl]. The van der Waals surface area contributed by atoms with Crippen LogP contribution in [0.25, 0.3) is 0 Å². The molecule has 338 valence electrons. The number of ether oxygens (including phenoxy) is 6. The molecule has 3 aromatic carbocycles. The first-order valence-corrected chi connectivity index (χ1v) is 26.2. The number of Topliss-reactive ketones (excluding diaryl/α,β-unsaturated/α-hetero) is 1. The number of carboxylic acids is 1. The molecule has 11 nitrogen and oxygen atoms in total. The zero-order chi connectivity index (χ0) is 45.8. The first-order valence-electron chi connectivity index (χ1n) is 17.8. The fourth-order valence-electron chi connectivity index (χ4n) is 4.34. The summed E-state index contributed by atoms with van der Waals surface area (Å²) in [4.78, 5) is 32.4. The molecular weight excluding hydrogens is 1040 g/mol. The fraction of sp³-hybridized carbons (Fsp3) is 0.462. The minimum atomic E-state index is -1.72. The summed E-state index contributed by atoms with van der Waals surface area (Å²) in [5.41, 5.74) is 3.77. The van der Waals surface area contributed by atoms with Crippen molar-refractivity contribution in [3.8, 4) is 34.5 Å². The number of carbonyl (C=O) groups excluding carboxylic acids is 2. The Balaban J connectivity index is -0.000000212. The van der Waals surface area contributed by atoms with Crippen molar-refractivity contribution in [3.63, 3.8) is 0 Å². The van der Waals surface area contributed by atoms with Gasteiger partial charge in [-0.05, 0) is 84.0 Å². The summed E-state index contributed by atoms with van der Waals surface area (Å²) in [6.07, 6.45) is 2.98. The molecule has 0 aliphatic heterocycles. The first-order chi connectivity index (χ1) is 27.6. The predicted molar refractivity (Wildman–Crippen MR) is 259 cm³/mol. The Bertz CT molecular complexity index is 1530. The van der Waals surface area contributed by atoms with Crippen LogP contribution in [0.3, 0.4) is 0 Å². The number of fused-ring (bicyclic) bond motifs is 1. The average molecular weight is 1100 g/mol. The first kappa shape index (κ1) is 66.5. The molecule has 0 saturated carbocycles. The molecule has 4 rings (SSSR count). The van der Waals surface area contributed by atoms with Crippen LogP contribution in [0.5, 0.6) is 34.5 Å². The van der Waals surface area contributed by atoms with E-state index < -0.39 is 26.6 Å². The maximum absolute atomic E-state index is 11.4. The number of methoxy groups -OCH3 is 6. The Morgan fingerprint density at radius 3 is 1.27 bits per heavy atom. The number of aryl methyl sites for hydroxylation is 3. The highest BCUT2D eigenvalue weighted by atomic mass is 127. The molecule has 0 saturated heterocycles. The molecule has 0 amide bonds. The third kappa shape index (κ3) is 32.8. The van der Waals surface area contributed by atoms with Gasteiger partial charge in [-0.25, -0.2) is 34.4 Å². The number of rotatable bonds is 12. The van der Waals surface area contributed by atoms with Crippen molar-refractivity contribution in [2.24, 2.45) is 0 Å². The zero-order valence-electron chi connectivity index (χ0n) is 35.6. The van der Waals surface area contributed by atoms with Gasteiger partial charge in [0.1, 0.15) is 0 Å². The van der Waals surface area contributed by atoms with Crippen LogP contribution in [0, 0.1) is 0 Å². The molecule has 0 spiro atoms. The van der Waals surface area contributed by atoms with E-state index in [1.165, 1.54) is 0 Å². The lowest BCUT2D eigenvalue weighted by atomic mass is 10.1. The van der Waals surface area contributed by atoms with Gasteiger partial charge in [-0.15, -0.1) is 24.0 Å². The van der Waals surface area contributed by atoms with Crippen LogP contribution in [0.1, 0.15) is 87.9 Å². The number of carbonyl (C=O) groups is 3. The van der Waals surface area contributed by atoms with Crippen LogP contribution >= 0.6 is 87.1 Å². The monoisotopic (exact) mass is 1100 g/mol. The molecule has 0 radical (unpaired) electrons. The third-order valence-corrected chi connectivity index (χ3v) is 6.85. The van der Waals surface area contributed by atoms with Crippen molar-refractivity contribution in [2.75, 3.05) is 42.7 Å². The normalized spacial score (nSPS) is 9.64. The Kier molecular flexibility index (Phi) is 48.6. The summed E-state index contributed by atoms with van der Waals surface area (Å²) in [5.74, 6) is 3.33. The lowest BCUT2D eigenvalue weighted by Gasteiger charge is -2.09. The number of ketones is 1. The summed E-state index contributed by atoms with van der Waals surface area (Å²) in [6.45, 7) is 12.0. The number of hydrogen-bond acceptors (Lipinski definition) is 10. The molecule has 1 N–H and O–H groups in total. The van der Waals surface area contributed by atoms with E-state index in [4.69, 9.17) is 79.5 Å². The second-order valence-corrected chi connectivity index (χ2v) is 19.2. The van der Waals surface area contributed by atoms with E-state index >= 15 is 0 Å². The highest BCUT2D eigenvalue weighted by Crippen LogP contribution is 2.34. The number of aliphatic carboxylic acids is 1. The van der Waals surface area contributed by atoms with E-state index in [-0.39, 0.29) is 41.4 Å². The summed E-state index contributed by atoms with van der Waals surface area (Å²) >= 11 is 3.54. The van der Waals surface area contributed by atoms with Gasteiger partial charge in [0.2, 0.25) is 14.5 Å². The summed E-state index contributed by atoms with van der Waals surface area (Å²) < 4.78 is 39.8. The minimum absolute atomic E-state index is 0. The van der Waals surface area contributed by atoms with Crippen molar-refractivity contribution in [3.05, 3.63) is 70.8 Å². The average Bonchev–Trinajstić information content (AvgIpc) is 3.59. The number of benzene rings is 3. The van der Waals surface area contributed by atoms with E-state index in [0.717, 1.165) is 28.7 Å². The van der Waals surface area contributed by atoms with E-state index in [1.54, 1.807) is 60.9 Å². The molecule has 1 aliphatic rings. The molecule has 0 fully saturated rings. The quantitative estimate of drug-likeness (QED) is 0.105. The van der Waals surface area contributed by atoms with Gasteiger partial charge in [0.25, 0.3) is 0 Å². The van der Waals surface area contributed by atoms with Crippen LogP contribution in [-0.2, 0) is 38.1 Å². The van der Waals surface area contributed by atoms with Crippen LogP contribution in [-0.4, -0.2) is 80.4 Å². The molecule has 0 aromatic heterocycles. The number of hydrogen-bond donors (Lipinski definition) is 1. The molecule has 3 aromatic rings. The van der Waals surface area contributed by atoms with Gasteiger partial charge in [0.15, 0.2) is 40.3 Å². The minimum Gasteiger partial charge on any atom is -0.493 e. The topological polar surface area (TPSA) is 144 Å². The standard InChI is InChI=1S/C11H13ClO3.C11H14O4.C11H12O3.3C2H6.Al.Cl2OS.3ClH.HI/c2*1-14-9-5-3-8(4-6-11(12)13)7-10(9)15-2;1-13-10-5-7-3-4-9(12)8(7)6-11(10)14-2;3*1-2;;1-4(2)3;;;;/h3,5,7H,4,6H2,1-2H3;3,5,7H,4,6H2,1-2H3,(H,12,13);5-6H,3-4H2,1-2H3;3*1-2H3;;;4*1H/q;;;;;;+3;;;;;/p-3. The summed E-state index contributed by atoms with van der Waals surface area (Å²) in [6, 6.07) is 14.6. The van der Waals surface area contributed by atoms with Crippen LogP contribution < -0.4 is 28.4 Å². The molecule has 0 unspecified atom stereocenters. The lowest BCUT2D eigenvalue weighted by molar-refractivity contribution is -0.137. The molecule has 0 atom stereocenters. The Morgan fingerprint density at radius 2 is 0.949 bits per heavy atom. The van der Waals surface area contributed by atoms with Crippen LogP contribution in [0.4, 0.5) is 0 Å². The summed E-state index contributed by atoms with van der Waals surface area (Å²) in [5, 5.41) is 8.22. The van der Waals surface area contributed by atoms with Crippen molar-refractivity contribution in [1.82, 2.24) is 0 Å². The molecule has 0 bridgehead atoms. The molecule has 0 heterocycles. The van der Waals surface area contributed by atoms with Crippen molar-refractivity contribution >= 4 is 125 Å². The lowest BCUT2D eigenvalue weighted by Crippen LogP contribution is -1.98. The maximum atomic E-state index is 11.4. The van der Waals surface area contributed by atoms with Gasteiger partial charge in [0.05, 0.1) is 42.7 Å². The number of halogens is 7. The summed E-state index contributed by atoms with van der Waals surface area (Å²) in [7, 11) is 31.6. The van der Waals surface area contributed by atoms with Crippen LogP contribution in [0.15, 0.2) is 48.5 Å². The van der Waals surface area contributed by atoms with Crippen LogP contribution in [0.2, 0.25) is 0 Å². The van der Waals surface area contributed by atoms with Crippen molar-refractivity contribution in [1.29, 1.82) is 0 Å². The molecule has 1 aliphatic carbocycles.